The molecule has 1 aromatic carbocycles. The van der Waals surface area contributed by atoms with E-state index in [1.165, 1.54) is 0 Å². The number of rotatable bonds is 2. The van der Waals surface area contributed by atoms with Crippen molar-refractivity contribution in [3.63, 3.8) is 0 Å². The minimum atomic E-state index is -0.423. The Morgan fingerprint density at radius 1 is 1.55 bits per heavy atom. The Morgan fingerprint density at radius 3 is 3.00 bits per heavy atom. The van der Waals surface area contributed by atoms with Crippen molar-refractivity contribution in [1.29, 1.82) is 0 Å². The Kier molecular flexibility index (Phi) is 5.02. The highest BCUT2D eigenvalue weighted by molar-refractivity contribution is 6.33. The second kappa shape index (κ2) is 6.76. The monoisotopic (exact) mass is 293 g/mol. The molecule has 2 rings (SSSR count). The zero-order valence-corrected chi connectivity index (χ0v) is 11.9. The predicted octanol–water partition coefficient (Wildman–Crippen LogP) is 2.19. The number of carbonyl (C=O) groups is 1. The number of amides is 1. The van der Waals surface area contributed by atoms with E-state index in [1.54, 1.807) is 18.2 Å². The summed E-state index contributed by atoms with van der Waals surface area (Å²) >= 11 is 6.06. The molecule has 0 aliphatic carbocycles. The van der Waals surface area contributed by atoms with Crippen molar-refractivity contribution >= 4 is 23.2 Å². The molecule has 4 nitrogen and oxygen atoms in total. The number of anilines is 1. The predicted molar refractivity (Wildman–Crippen MR) is 77.6 cm³/mol. The average molecular weight is 294 g/mol. The van der Waals surface area contributed by atoms with Crippen LogP contribution < -0.4 is 5.32 Å². The lowest BCUT2D eigenvalue weighted by molar-refractivity contribution is -0.126. The molecule has 1 amide bonds. The molecule has 0 spiro atoms. The maximum absolute atomic E-state index is 12.1. The van der Waals surface area contributed by atoms with Crippen LogP contribution in [0.4, 0.5) is 5.69 Å². The molecule has 1 saturated heterocycles. The van der Waals surface area contributed by atoms with Gasteiger partial charge in [0.25, 0.3) is 5.91 Å². The molecule has 2 N–H and O–H groups in total. The van der Waals surface area contributed by atoms with Gasteiger partial charge in [0.1, 0.15) is 12.7 Å². The Hall–Kier alpha value is -1.54. The van der Waals surface area contributed by atoms with Crippen LogP contribution >= 0.6 is 11.6 Å². The highest BCUT2D eigenvalue weighted by Crippen LogP contribution is 2.25. The van der Waals surface area contributed by atoms with Crippen molar-refractivity contribution in [3.05, 3.63) is 28.8 Å². The minimum absolute atomic E-state index is 0.114. The number of hydrogen-bond donors (Lipinski definition) is 2. The lowest BCUT2D eigenvalue weighted by Gasteiger charge is -2.13. The van der Waals surface area contributed by atoms with Gasteiger partial charge >= 0.3 is 0 Å². The van der Waals surface area contributed by atoms with Crippen LogP contribution in [0.5, 0.6) is 0 Å². The van der Waals surface area contributed by atoms with E-state index in [9.17, 15) is 4.79 Å². The summed E-state index contributed by atoms with van der Waals surface area (Å²) in [6.45, 7) is 1.74. The van der Waals surface area contributed by atoms with Crippen molar-refractivity contribution in [1.82, 2.24) is 0 Å². The molecule has 0 saturated carbocycles. The topological polar surface area (TPSA) is 58.6 Å². The smallest absolute Gasteiger partial charge is 0.253 e. The molecule has 106 valence electrons. The second-order valence-corrected chi connectivity index (χ2v) is 5.06. The summed E-state index contributed by atoms with van der Waals surface area (Å²) in [5.41, 5.74) is 1.18. The molecule has 1 fully saturated rings. The molecule has 0 radical (unpaired) electrons. The van der Waals surface area contributed by atoms with Gasteiger partial charge in [-0.2, -0.15) is 0 Å². The van der Waals surface area contributed by atoms with Crippen LogP contribution in [-0.2, 0) is 9.53 Å². The molecule has 2 atom stereocenters. The second-order valence-electron chi connectivity index (χ2n) is 4.66. The summed E-state index contributed by atoms with van der Waals surface area (Å²) in [4.78, 5) is 12.1. The van der Waals surface area contributed by atoms with Crippen LogP contribution in [0.25, 0.3) is 0 Å². The zero-order valence-electron chi connectivity index (χ0n) is 11.1. The lowest BCUT2D eigenvalue weighted by Crippen LogP contribution is -2.27. The summed E-state index contributed by atoms with van der Waals surface area (Å²) in [7, 11) is 0. The van der Waals surface area contributed by atoms with E-state index in [0.717, 1.165) is 6.42 Å². The molecule has 20 heavy (non-hydrogen) atoms. The number of aliphatic hydroxyl groups excluding tert-OH is 1. The molecular weight excluding hydrogens is 278 g/mol. The molecule has 1 heterocycles. The molecule has 2 unspecified atom stereocenters. The van der Waals surface area contributed by atoms with E-state index < -0.39 is 6.10 Å². The summed E-state index contributed by atoms with van der Waals surface area (Å²) in [5, 5.41) is 11.9. The first-order valence-corrected chi connectivity index (χ1v) is 6.83. The van der Waals surface area contributed by atoms with E-state index in [1.807, 2.05) is 6.92 Å². The number of aliphatic hydroxyl groups is 1. The van der Waals surface area contributed by atoms with Crippen molar-refractivity contribution in [2.75, 3.05) is 11.9 Å². The number of hydrogen-bond acceptors (Lipinski definition) is 3. The van der Waals surface area contributed by atoms with Crippen LogP contribution in [0.2, 0.25) is 5.02 Å². The summed E-state index contributed by atoms with van der Waals surface area (Å²) in [6.07, 6.45) is 1.29. The van der Waals surface area contributed by atoms with Gasteiger partial charge in [0.05, 0.1) is 16.8 Å². The molecular formula is C15H16ClNO3. The van der Waals surface area contributed by atoms with Gasteiger partial charge < -0.3 is 15.2 Å². The largest absolute Gasteiger partial charge is 0.384 e. The van der Waals surface area contributed by atoms with Crippen LogP contribution in [0.3, 0.4) is 0 Å². The number of ether oxygens (including phenoxy) is 1. The normalized spacial score (nSPS) is 21.1. The van der Waals surface area contributed by atoms with Gasteiger partial charge in [-0.25, -0.2) is 0 Å². The van der Waals surface area contributed by atoms with Crippen LogP contribution in [0.1, 0.15) is 25.3 Å². The Morgan fingerprint density at radius 2 is 2.35 bits per heavy atom. The highest BCUT2D eigenvalue weighted by Gasteiger charge is 2.28. The van der Waals surface area contributed by atoms with E-state index in [2.05, 4.69) is 17.2 Å². The first-order chi connectivity index (χ1) is 9.60. The fourth-order valence-electron chi connectivity index (χ4n) is 2.05. The molecule has 5 heteroatoms. The third-order valence-electron chi connectivity index (χ3n) is 3.06. The number of nitrogens with one attached hydrogen (secondary N) is 1. The third-order valence-corrected chi connectivity index (χ3v) is 3.39. The van der Waals surface area contributed by atoms with Crippen LogP contribution in [0.15, 0.2) is 18.2 Å². The fraction of sp³-hybridized carbons (Fsp3) is 0.400. The average Bonchev–Trinajstić information content (AvgIpc) is 2.86. The molecule has 1 aromatic rings. The first-order valence-electron chi connectivity index (χ1n) is 6.45. The van der Waals surface area contributed by atoms with Gasteiger partial charge in [0.2, 0.25) is 0 Å². The van der Waals surface area contributed by atoms with E-state index in [0.29, 0.717) is 22.7 Å². The van der Waals surface area contributed by atoms with E-state index in [4.69, 9.17) is 21.4 Å². The summed E-state index contributed by atoms with van der Waals surface area (Å²) in [6, 6.07) is 5.08. The van der Waals surface area contributed by atoms with Crippen LogP contribution in [0, 0.1) is 11.8 Å². The van der Waals surface area contributed by atoms with Gasteiger partial charge in [-0.15, -0.1) is 0 Å². The molecule has 0 aromatic heterocycles. The lowest BCUT2D eigenvalue weighted by atomic mass is 10.1. The number of carbonyl (C=O) groups excluding carboxylic acids is 1. The Labute approximate surface area is 123 Å². The first kappa shape index (κ1) is 14.9. The SMILES string of the molecule is CC1CCC(C(=O)Nc2cc(C#CCO)ccc2Cl)O1. The number of halogens is 1. The number of benzene rings is 1. The van der Waals surface area contributed by atoms with Gasteiger partial charge in [-0.05, 0) is 38.0 Å². The van der Waals surface area contributed by atoms with Crippen molar-refractivity contribution in [3.8, 4) is 11.8 Å². The standard InChI is InChI=1S/C15H16ClNO3/c1-10-4-7-14(20-10)15(19)17-13-9-11(3-2-8-18)5-6-12(13)16/h5-6,9-10,14,18H,4,7-8H2,1H3,(H,17,19). The van der Waals surface area contributed by atoms with Crippen molar-refractivity contribution < 1.29 is 14.6 Å². The summed E-state index contributed by atoms with van der Waals surface area (Å²) < 4.78 is 5.51. The van der Waals surface area contributed by atoms with E-state index >= 15 is 0 Å². The zero-order chi connectivity index (χ0) is 14.5. The third kappa shape index (κ3) is 3.73. The maximum atomic E-state index is 12.1. The highest BCUT2D eigenvalue weighted by atomic mass is 35.5. The molecule has 1 aliphatic rings. The van der Waals surface area contributed by atoms with Gasteiger partial charge in [0, 0.05) is 5.56 Å². The summed E-state index contributed by atoms with van der Waals surface area (Å²) in [5.74, 6) is 5.13. The van der Waals surface area contributed by atoms with Crippen molar-refractivity contribution in [2.45, 2.75) is 32.0 Å². The maximum Gasteiger partial charge on any atom is 0.253 e. The fourth-order valence-corrected chi connectivity index (χ4v) is 2.21. The van der Waals surface area contributed by atoms with Gasteiger partial charge in [-0.3, -0.25) is 4.79 Å². The molecule has 1 aliphatic heterocycles. The Balaban J connectivity index is 2.10. The van der Waals surface area contributed by atoms with Crippen molar-refractivity contribution in [2.24, 2.45) is 0 Å². The van der Waals surface area contributed by atoms with Crippen LogP contribution in [-0.4, -0.2) is 29.8 Å². The quantitative estimate of drug-likeness (QED) is 0.822. The Bertz CT molecular complexity index is 562. The van der Waals surface area contributed by atoms with Gasteiger partial charge in [-0.1, -0.05) is 23.4 Å². The minimum Gasteiger partial charge on any atom is -0.384 e. The molecule has 0 bridgehead atoms. The van der Waals surface area contributed by atoms with Gasteiger partial charge in [0.15, 0.2) is 0 Å². The van der Waals surface area contributed by atoms with E-state index in [-0.39, 0.29) is 18.6 Å².